The number of rotatable bonds is 2. The molecule has 2 rings (SSSR count). The zero-order valence-electron chi connectivity index (χ0n) is 10.0. The average molecular weight is 235 g/mol. The molecule has 17 heavy (non-hydrogen) atoms. The van der Waals surface area contributed by atoms with Crippen LogP contribution in [0.25, 0.3) is 0 Å². The first kappa shape index (κ1) is 12.1. The topological polar surface area (TPSA) is 58.6 Å². The molecule has 0 spiro atoms. The fraction of sp³-hybridized carbons (Fsp3) is 0.462. The second-order valence-corrected chi connectivity index (χ2v) is 4.51. The highest BCUT2D eigenvalue weighted by Crippen LogP contribution is 2.25. The van der Waals surface area contributed by atoms with E-state index in [-0.39, 0.29) is 18.8 Å². The van der Waals surface area contributed by atoms with Gasteiger partial charge in [0.15, 0.2) is 0 Å². The molecule has 0 radical (unpaired) electrons. The minimum atomic E-state index is -0.862. The lowest BCUT2D eigenvalue weighted by atomic mass is 9.99. The predicted molar refractivity (Wildman–Crippen MR) is 63.9 cm³/mol. The molecule has 1 aliphatic rings. The Kier molecular flexibility index (Phi) is 3.45. The fourth-order valence-corrected chi connectivity index (χ4v) is 2.08. The van der Waals surface area contributed by atoms with Gasteiger partial charge in [-0.3, -0.25) is 10.1 Å². The molecule has 4 heteroatoms. The number of benzene rings is 1. The molecular weight excluding hydrogens is 218 g/mol. The van der Waals surface area contributed by atoms with E-state index in [2.05, 4.69) is 5.32 Å². The maximum absolute atomic E-state index is 10.8. The monoisotopic (exact) mass is 235 g/mol. The molecule has 1 saturated heterocycles. The summed E-state index contributed by atoms with van der Waals surface area (Å²) in [6.07, 6.45) is -0.0776. The van der Waals surface area contributed by atoms with Gasteiger partial charge in [-0.1, -0.05) is 29.8 Å². The van der Waals surface area contributed by atoms with E-state index in [4.69, 9.17) is 9.84 Å². The molecule has 1 aliphatic heterocycles. The van der Waals surface area contributed by atoms with E-state index in [1.54, 1.807) is 0 Å². The Balaban J connectivity index is 2.09. The Morgan fingerprint density at radius 2 is 2.06 bits per heavy atom. The van der Waals surface area contributed by atoms with E-state index in [9.17, 15) is 4.79 Å². The van der Waals surface area contributed by atoms with Crippen LogP contribution in [0.4, 0.5) is 0 Å². The second kappa shape index (κ2) is 4.85. The predicted octanol–water partition coefficient (Wildman–Crippen LogP) is 1.50. The third kappa shape index (κ3) is 2.65. The number of carbonyl (C=O) groups is 1. The Bertz CT molecular complexity index is 402. The summed E-state index contributed by atoms with van der Waals surface area (Å²) in [5.41, 5.74) is 2.29. The van der Waals surface area contributed by atoms with Crippen LogP contribution in [0.1, 0.15) is 24.2 Å². The highest BCUT2D eigenvalue weighted by atomic mass is 16.5. The first-order valence-corrected chi connectivity index (χ1v) is 5.75. The van der Waals surface area contributed by atoms with Crippen molar-refractivity contribution in [1.82, 2.24) is 5.32 Å². The maximum Gasteiger partial charge on any atom is 0.323 e. The van der Waals surface area contributed by atoms with Crippen LogP contribution in [-0.4, -0.2) is 29.8 Å². The van der Waals surface area contributed by atoms with Gasteiger partial charge in [-0.25, -0.2) is 0 Å². The molecular formula is C13H17NO3. The van der Waals surface area contributed by atoms with Crippen LogP contribution >= 0.6 is 0 Å². The molecule has 1 aromatic carbocycles. The molecule has 0 amide bonds. The number of hydrogen-bond acceptors (Lipinski definition) is 3. The van der Waals surface area contributed by atoms with E-state index in [1.807, 2.05) is 38.1 Å². The normalized spacial score (nSPS) is 28.9. The van der Waals surface area contributed by atoms with Crippen LogP contribution in [0.2, 0.25) is 0 Å². The lowest BCUT2D eigenvalue weighted by Crippen LogP contribution is -2.52. The minimum absolute atomic E-state index is 0.00689. The number of morpholine rings is 1. The van der Waals surface area contributed by atoms with E-state index >= 15 is 0 Å². The molecule has 0 bridgehead atoms. The number of carboxylic acids is 1. The van der Waals surface area contributed by atoms with Crippen molar-refractivity contribution in [1.29, 1.82) is 0 Å². The Labute approximate surface area is 101 Å². The molecule has 1 heterocycles. The third-order valence-electron chi connectivity index (χ3n) is 3.06. The summed E-state index contributed by atoms with van der Waals surface area (Å²) in [7, 11) is 0. The fourth-order valence-electron chi connectivity index (χ4n) is 2.08. The van der Waals surface area contributed by atoms with Gasteiger partial charge in [0, 0.05) is 6.04 Å². The molecule has 0 saturated carbocycles. The summed E-state index contributed by atoms with van der Waals surface area (Å²) in [6.45, 7) is 4.19. The standard InChI is InChI=1S/C13H17NO3/c1-8-3-5-10(6-4-8)12-9(2)14-11(7-17-12)13(15)16/h3-6,9,11-12,14H,7H2,1-2H3,(H,15,16). The zero-order chi connectivity index (χ0) is 12.4. The Morgan fingerprint density at radius 3 is 2.59 bits per heavy atom. The van der Waals surface area contributed by atoms with Gasteiger partial charge in [-0.05, 0) is 19.4 Å². The Morgan fingerprint density at radius 1 is 1.41 bits per heavy atom. The van der Waals surface area contributed by atoms with Gasteiger partial charge in [0.05, 0.1) is 12.7 Å². The highest BCUT2D eigenvalue weighted by molar-refractivity contribution is 5.73. The van der Waals surface area contributed by atoms with Crippen LogP contribution in [0.15, 0.2) is 24.3 Å². The van der Waals surface area contributed by atoms with Crippen LogP contribution in [0.5, 0.6) is 0 Å². The maximum atomic E-state index is 10.8. The average Bonchev–Trinajstić information content (AvgIpc) is 2.30. The van der Waals surface area contributed by atoms with Crippen LogP contribution in [0.3, 0.4) is 0 Å². The van der Waals surface area contributed by atoms with Crippen LogP contribution in [-0.2, 0) is 9.53 Å². The number of aryl methyl sites for hydroxylation is 1. The summed E-state index contributed by atoms with van der Waals surface area (Å²) in [6, 6.07) is 7.52. The minimum Gasteiger partial charge on any atom is -0.480 e. The molecule has 0 aromatic heterocycles. The van der Waals surface area contributed by atoms with Crippen molar-refractivity contribution in [3.8, 4) is 0 Å². The largest absolute Gasteiger partial charge is 0.480 e. The molecule has 0 aliphatic carbocycles. The molecule has 4 nitrogen and oxygen atoms in total. The summed E-state index contributed by atoms with van der Waals surface area (Å²) in [5.74, 6) is -0.862. The molecule has 2 N–H and O–H groups in total. The van der Waals surface area contributed by atoms with Crippen molar-refractivity contribution >= 4 is 5.97 Å². The highest BCUT2D eigenvalue weighted by Gasteiger charge is 2.32. The molecule has 92 valence electrons. The van der Waals surface area contributed by atoms with Crippen molar-refractivity contribution in [3.63, 3.8) is 0 Å². The van der Waals surface area contributed by atoms with Gasteiger partial charge in [0.2, 0.25) is 0 Å². The number of aliphatic carboxylic acids is 1. The first-order valence-electron chi connectivity index (χ1n) is 5.75. The van der Waals surface area contributed by atoms with E-state index < -0.39 is 12.0 Å². The van der Waals surface area contributed by atoms with Crippen molar-refractivity contribution in [3.05, 3.63) is 35.4 Å². The van der Waals surface area contributed by atoms with E-state index in [0.29, 0.717) is 0 Å². The smallest absolute Gasteiger partial charge is 0.323 e. The van der Waals surface area contributed by atoms with Crippen molar-refractivity contribution in [2.45, 2.75) is 32.0 Å². The third-order valence-corrected chi connectivity index (χ3v) is 3.06. The lowest BCUT2D eigenvalue weighted by molar-refractivity contribution is -0.145. The van der Waals surface area contributed by atoms with Crippen molar-refractivity contribution in [2.24, 2.45) is 0 Å². The summed E-state index contributed by atoms with van der Waals surface area (Å²) >= 11 is 0. The number of nitrogens with one attached hydrogen (secondary N) is 1. The van der Waals surface area contributed by atoms with Gasteiger partial charge in [-0.2, -0.15) is 0 Å². The SMILES string of the molecule is Cc1ccc(C2OCC(C(=O)O)NC2C)cc1. The van der Waals surface area contributed by atoms with E-state index in [0.717, 1.165) is 5.56 Å². The summed E-state index contributed by atoms with van der Waals surface area (Å²) in [4.78, 5) is 10.8. The lowest BCUT2D eigenvalue weighted by Gasteiger charge is -2.34. The van der Waals surface area contributed by atoms with Crippen LogP contribution < -0.4 is 5.32 Å². The number of hydrogen-bond donors (Lipinski definition) is 2. The Hall–Kier alpha value is -1.39. The summed E-state index contributed by atoms with van der Waals surface area (Å²) < 4.78 is 5.65. The van der Waals surface area contributed by atoms with Gasteiger partial charge in [-0.15, -0.1) is 0 Å². The zero-order valence-corrected chi connectivity index (χ0v) is 10.0. The number of carboxylic acid groups (broad SMARTS) is 1. The van der Waals surface area contributed by atoms with Crippen LogP contribution in [0, 0.1) is 6.92 Å². The first-order chi connectivity index (χ1) is 8.08. The summed E-state index contributed by atoms with van der Waals surface area (Å²) in [5, 5.41) is 12.0. The van der Waals surface area contributed by atoms with Crippen molar-refractivity contribution < 1.29 is 14.6 Å². The van der Waals surface area contributed by atoms with Gasteiger partial charge in [0.25, 0.3) is 0 Å². The molecule has 3 atom stereocenters. The van der Waals surface area contributed by atoms with E-state index in [1.165, 1.54) is 5.56 Å². The van der Waals surface area contributed by atoms with Gasteiger partial charge < -0.3 is 9.84 Å². The van der Waals surface area contributed by atoms with Gasteiger partial charge in [0.1, 0.15) is 6.04 Å². The van der Waals surface area contributed by atoms with Crippen molar-refractivity contribution in [2.75, 3.05) is 6.61 Å². The molecule has 1 fully saturated rings. The quantitative estimate of drug-likeness (QED) is 0.815. The van der Waals surface area contributed by atoms with Gasteiger partial charge >= 0.3 is 5.97 Å². The molecule has 3 unspecified atom stereocenters. The number of ether oxygens (including phenoxy) is 1. The second-order valence-electron chi connectivity index (χ2n) is 4.51. The molecule has 1 aromatic rings.